The molecule has 152 valence electrons. The molecule has 1 amide bonds. The van der Waals surface area contributed by atoms with Gasteiger partial charge in [0.1, 0.15) is 5.52 Å². The molecule has 3 aromatic heterocycles. The molecule has 0 aromatic carbocycles. The van der Waals surface area contributed by atoms with Crippen LogP contribution in [0.2, 0.25) is 0 Å². The molecule has 0 aliphatic carbocycles. The standard InChI is InChI=1S/C19H22N6O3S/c1-5-12(8-20-2)14-10-21-18(28-4)15-16(14)29-19(23-15)24-17(26)13-9-22-25(11-13)6-7-27-3/h5,8-11H,6-7H2,1-4H3,(H,23,24,26)/b12-5+,20-8-. The first-order valence-corrected chi connectivity index (χ1v) is 9.68. The van der Waals surface area contributed by atoms with Crippen LogP contribution >= 0.6 is 11.3 Å². The smallest absolute Gasteiger partial charge is 0.260 e. The number of carbonyl (C=O) groups is 1. The number of pyridine rings is 1. The predicted molar refractivity (Wildman–Crippen MR) is 114 cm³/mol. The fourth-order valence-electron chi connectivity index (χ4n) is 2.69. The molecule has 0 aliphatic rings. The number of nitrogens with one attached hydrogen (secondary N) is 1. The van der Waals surface area contributed by atoms with E-state index in [0.717, 1.165) is 15.8 Å². The molecule has 9 nitrogen and oxygen atoms in total. The van der Waals surface area contributed by atoms with Gasteiger partial charge in [-0.15, -0.1) is 0 Å². The van der Waals surface area contributed by atoms with Crippen molar-refractivity contribution in [2.24, 2.45) is 4.99 Å². The van der Waals surface area contributed by atoms with Gasteiger partial charge in [-0.1, -0.05) is 17.4 Å². The molecule has 3 aromatic rings. The summed E-state index contributed by atoms with van der Waals surface area (Å²) in [5, 5.41) is 7.44. The highest BCUT2D eigenvalue weighted by Gasteiger charge is 2.18. The Kier molecular flexibility index (Phi) is 6.68. The topological polar surface area (TPSA) is 104 Å². The molecule has 10 heteroatoms. The Balaban J connectivity index is 1.92. The second kappa shape index (κ2) is 9.39. The Hall–Kier alpha value is -3.11. The Morgan fingerprint density at radius 2 is 2.21 bits per heavy atom. The van der Waals surface area contributed by atoms with Gasteiger partial charge >= 0.3 is 0 Å². The van der Waals surface area contributed by atoms with Gasteiger partial charge < -0.3 is 9.47 Å². The minimum atomic E-state index is -0.289. The molecule has 0 fully saturated rings. The molecule has 0 atom stereocenters. The minimum absolute atomic E-state index is 0.289. The van der Waals surface area contributed by atoms with Crippen LogP contribution in [0.25, 0.3) is 15.8 Å². The summed E-state index contributed by atoms with van der Waals surface area (Å²) >= 11 is 1.35. The lowest BCUT2D eigenvalue weighted by Crippen LogP contribution is -2.11. The molecule has 1 N–H and O–H groups in total. The van der Waals surface area contributed by atoms with Gasteiger partial charge in [0, 0.05) is 38.3 Å². The molecule has 0 saturated heterocycles. The number of ether oxygens (including phenoxy) is 2. The second-order valence-electron chi connectivity index (χ2n) is 5.95. The molecule has 3 heterocycles. The Labute approximate surface area is 172 Å². The van der Waals surface area contributed by atoms with Gasteiger partial charge in [-0.05, 0) is 12.5 Å². The molecule has 0 spiro atoms. The van der Waals surface area contributed by atoms with Gasteiger partial charge in [-0.25, -0.2) is 9.97 Å². The van der Waals surface area contributed by atoms with E-state index in [2.05, 4.69) is 25.4 Å². The van der Waals surface area contributed by atoms with Crippen LogP contribution in [0.4, 0.5) is 5.13 Å². The van der Waals surface area contributed by atoms with Gasteiger partial charge in [0.2, 0.25) is 5.88 Å². The van der Waals surface area contributed by atoms with Crippen molar-refractivity contribution in [2.45, 2.75) is 13.5 Å². The van der Waals surface area contributed by atoms with E-state index in [4.69, 9.17) is 9.47 Å². The van der Waals surface area contributed by atoms with Crippen molar-refractivity contribution < 1.29 is 14.3 Å². The van der Waals surface area contributed by atoms with Crippen molar-refractivity contribution >= 4 is 44.4 Å². The van der Waals surface area contributed by atoms with E-state index in [1.54, 1.807) is 37.4 Å². The molecule has 0 saturated carbocycles. The first-order valence-electron chi connectivity index (χ1n) is 8.86. The van der Waals surface area contributed by atoms with E-state index in [1.807, 2.05) is 13.0 Å². The maximum atomic E-state index is 12.6. The van der Waals surface area contributed by atoms with E-state index in [-0.39, 0.29) is 5.91 Å². The molecule has 0 unspecified atom stereocenters. The molecular weight excluding hydrogens is 392 g/mol. The number of nitrogens with zero attached hydrogens (tertiary/aromatic N) is 5. The van der Waals surface area contributed by atoms with Crippen LogP contribution < -0.4 is 10.1 Å². The summed E-state index contributed by atoms with van der Waals surface area (Å²) in [6.07, 6.45) is 8.62. The number of thiazole rings is 1. The first kappa shape index (κ1) is 20.6. The highest BCUT2D eigenvalue weighted by molar-refractivity contribution is 7.22. The summed E-state index contributed by atoms with van der Waals surface area (Å²) in [6, 6.07) is 0. The van der Waals surface area contributed by atoms with Gasteiger partial charge in [0.05, 0.1) is 36.7 Å². The Morgan fingerprint density at radius 1 is 1.38 bits per heavy atom. The average Bonchev–Trinajstić information content (AvgIpc) is 3.37. The maximum Gasteiger partial charge on any atom is 0.260 e. The Morgan fingerprint density at radius 3 is 2.90 bits per heavy atom. The van der Waals surface area contributed by atoms with E-state index >= 15 is 0 Å². The van der Waals surface area contributed by atoms with Gasteiger partial charge in [0.15, 0.2) is 5.13 Å². The largest absolute Gasteiger partial charge is 0.479 e. The summed E-state index contributed by atoms with van der Waals surface area (Å²) in [6.45, 7) is 3.02. The van der Waals surface area contributed by atoms with Crippen LogP contribution in [0.1, 0.15) is 22.8 Å². The molecule has 3 rings (SSSR count). The third-order valence-corrected chi connectivity index (χ3v) is 5.11. The van der Waals surface area contributed by atoms with Crippen molar-refractivity contribution in [3.8, 4) is 5.88 Å². The SMILES string of the molecule is C/C=C(\C=N/C)c1cnc(OC)c2nc(NC(=O)c3cnn(CCOC)c3)sc12. The van der Waals surface area contributed by atoms with E-state index in [9.17, 15) is 4.79 Å². The molecule has 0 radical (unpaired) electrons. The number of methoxy groups -OCH3 is 2. The van der Waals surface area contributed by atoms with Crippen LogP contribution in [0.3, 0.4) is 0 Å². The zero-order valence-corrected chi connectivity index (χ0v) is 17.5. The van der Waals surface area contributed by atoms with Crippen molar-refractivity contribution in [1.29, 1.82) is 0 Å². The summed E-state index contributed by atoms with van der Waals surface area (Å²) in [7, 11) is 4.87. The number of aliphatic imine (C=N–C) groups is 1. The van der Waals surface area contributed by atoms with Gasteiger partial charge in [0.25, 0.3) is 5.91 Å². The second-order valence-corrected chi connectivity index (χ2v) is 6.95. The summed E-state index contributed by atoms with van der Waals surface area (Å²) < 4.78 is 12.9. The summed E-state index contributed by atoms with van der Waals surface area (Å²) in [4.78, 5) is 25.6. The fraction of sp³-hybridized carbons (Fsp3) is 0.316. The molecule has 0 bridgehead atoms. The number of allylic oxidation sites excluding steroid dienone is 2. The quantitative estimate of drug-likeness (QED) is 0.569. The monoisotopic (exact) mass is 414 g/mol. The maximum absolute atomic E-state index is 12.6. The summed E-state index contributed by atoms with van der Waals surface area (Å²) in [5.74, 6) is 0.111. The van der Waals surface area contributed by atoms with E-state index in [1.165, 1.54) is 24.6 Å². The Bertz CT molecular complexity index is 1070. The lowest BCUT2D eigenvalue weighted by molar-refractivity contribution is 0.102. The van der Waals surface area contributed by atoms with Gasteiger partial charge in [-0.2, -0.15) is 5.10 Å². The molecule has 29 heavy (non-hydrogen) atoms. The van der Waals surface area contributed by atoms with Gasteiger partial charge in [-0.3, -0.25) is 19.8 Å². The van der Waals surface area contributed by atoms with E-state index < -0.39 is 0 Å². The normalized spacial score (nSPS) is 12.1. The summed E-state index contributed by atoms with van der Waals surface area (Å²) in [5.41, 5.74) is 2.82. The number of rotatable bonds is 8. The average molecular weight is 414 g/mol. The predicted octanol–water partition coefficient (Wildman–Crippen LogP) is 2.90. The highest BCUT2D eigenvalue weighted by Crippen LogP contribution is 2.36. The molecule has 0 aliphatic heterocycles. The lowest BCUT2D eigenvalue weighted by Gasteiger charge is -2.05. The zero-order chi connectivity index (χ0) is 20.8. The van der Waals surface area contributed by atoms with Crippen LogP contribution in [0.5, 0.6) is 5.88 Å². The fourth-order valence-corrected chi connectivity index (χ4v) is 3.68. The van der Waals surface area contributed by atoms with Crippen LogP contribution in [0, 0.1) is 0 Å². The number of carbonyl (C=O) groups excluding carboxylic acids is 1. The first-order chi connectivity index (χ1) is 14.1. The molecular formula is C19H22N6O3S. The number of fused-ring (bicyclic) bond motifs is 1. The number of hydrogen-bond donors (Lipinski definition) is 1. The number of anilines is 1. The minimum Gasteiger partial charge on any atom is -0.479 e. The number of amides is 1. The zero-order valence-electron chi connectivity index (χ0n) is 16.7. The number of hydrogen-bond acceptors (Lipinski definition) is 8. The van der Waals surface area contributed by atoms with E-state index in [0.29, 0.717) is 35.2 Å². The number of aromatic nitrogens is 4. The third-order valence-electron chi connectivity index (χ3n) is 4.11. The van der Waals surface area contributed by atoms with Crippen LogP contribution in [0.15, 0.2) is 29.7 Å². The van der Waals surface area contributed by atoms with Crippen LogP contribution in [-0.4, -0.2) is 59.7 Å². The van der Waals surface area contributed by atoms with Crippen LogP contribution in [-0.2, 0) is 11.3 Å². The van der Waals surface area contributed by atoms with Crippen molar-refractivity contribution in [1.82, 2.24) is 19.7 Å². The third kappa shape index (κ3) is 4.49. The van der Waals surface area contributed by atoms with Crippen molar-refractivity contribution in [3.63, 3.8) is 0 Å². The van der Waals surface area contributed by atoms with Crippen molar-refractivity contribution in [2.75, 3.05) is 33.2 Å². The lowest BCUT2D eigenvalue weighted by atomic mass is 10.1. The highest BCUT2D eigenvalue weighted by atomic mass is 32.1. The van der Waals surface area contributed by atoms with Crippen molar-refractivity contribution in [3.05, 3.63) is 35.8 Å².